The van der Waals surface area contributed by atoms with Gasteiger partial charge in [-0.3, -0.25) is 9.59 Å². The number of amides is 2. The van der Waals surface area contributed by atoms with Crippen LogP contribution in [0.15, 0.2) is 48.5 Å². The second kappa shape index (κ2) is 10.1. The van der Waals surface area contributed by atoms with Crippen LogP contribution in [0, 0.1) is 19.8 Å². The summed E-state index contributed by atoms with van der Waals surface area (Å²) in [6.45, 7) is 11.0. The Morgan fingerprint density at radius 1 is 0.929 bits per heavy atom. The van der Waals surface area contributed by atoms with E-state index in [9.17, 15) is 9.59 Å². The second-order valence-electron chi connectivity index (χ2n) is 7.99. The first-order valence-electron chi connectivity index (χ1n) is 9.94. The van der Waals surface area contributed by atoms with Crippen molar-refractivity contribution in [1.82, 2.24) is 10.2 Å². The number of hydrogen-bond acceptors (Lipinski definition) is 2. The third kappa shape index (κ3) is 6.52. The van der Waals surface area contributed by atoms with Crippen LogP contribution in [0.3, 0.4) is 0 Å². The van der Waals surface area contributed by atoms with Crippen molar-refractivity contribution in [3.05, 3.63) is 70.8 Å². The highest BCUT2D eigenvalue weighted by Gasteiger charge is 2.26. The van der Waals surface area contributed by atoms with Gasteiger partial charge in [0, 0.05) is 13.1 Å². The van der Waals surface area contributed by atoms with Gasteiger partial charge in [-0.15, -0.1) is 0 Å². The number of nitrogens with one attached hydrogen (secondary N) is 1. The van der Waals surface area contributed by atoms with Gasteiger partial charge in [0.1, 0.15) is 6.04 Å². The molecule has 0 aliphatic rings. The van der Waals surface area contributed by atoms with Crippen LogP contribution >= 0.6 is 0 Å². The molecule has 0 fully saturated rings. The molecule has 2 rings (SSSR count). The van der Waals surface area contributed by atoms with Gasteiger partial charge in [-0.1, -0.05) is 73.5 Å². The molecule has 0 spiro atoms. The van der Waals surface area contributed by atoms with Crippen molar-refractivity contribution < 1.29 is 9.59 Å². The molecule has 2 aromatic carbocycles. The van der Waals surface area contributed by atoms with Crippen molar-refractivity contribution in [2.75, 3.05) is 6.54 Å². The molecule has 0 aliphatic carbocycles. The van der Waals surface area contributed by atoms with Crippen molar-refractivity contribution in [3.63, 3.8) is 0 Å². The van der Waals surface area contributed by atoms with Crippen molar-refractivity contribution in [1.29, 1.82) is 0 Å². The summed E-state index contributed by atoms with van der Waals surface area (Å²) in [5.41, 5.74) is 4.27. The maximum Gasteiger partial charge on any atom is 0.242 e. The lowest BCUT2D eigenvalue weighted by Gasteiger charge is -2.29. The first-order valence-corrected chi connectivity index (χ1v) is 9.94. The highest BCUT2D eigenvalue weighted by molar-refractivity contribution is 5.88. The number of rotatable bonds is 8. The lowest BCUT2D eigenvalue weighted by Crippen LogP contribution is -2.48. The Morgan fingerprint density at radius 3 is 2.11 bits per heavy atom. The van der Waals surface area contributed by atoms with E-state index in [-0.39, 0.29) is 18.2 Å². The Bertz CT molecular complexity index is 779. The van der Waals surface area contributed by atoms with Gasteiger partial charge < -0.3 is 10.2 Å². The predicted molar refractivity (Wildman–Crippen MR) is 114 cm³/mol. The van der Waals surface area contributed by atoms with E-state index in [4.69, 9.17) is 0 Å². The molecule has 2 aromatic rings. The summed E-state index contributed by atoms with van der Waals surface area (Å²) < 4.78 is 0. The Balaban J connectivity index is 2.20. The number of benzene rings is 2. The summed E-state index contributed by atoms with van der Waals surface area (Å²) >= 11 is 0. The Morgan fingerprint density at radius 2 is 1.54 bits per heavy atom. The minimum atomic E-state index is -0.530. The first kappa shape index (κ1) is 21.7. The highest BCUT2D eigenvalue weighted by Crippen LogP contribution is 2.15. The largest absolute Gasteiger partial charge is 0.354 e. The van der Waals surface area contributed by atoms with E-state index in [1.807, 2.05) is 56.3 Å². The van der Waals surface area contributed by atoms with Gasteiger partial charge in [-0.2, -0.15) is 0 Å². The zero-order chi connectivity index (χ0) is 20.7. The molecule has 1 unspecified atom stereocenters. The molecule has 0 radical (unpaired) electrons. The minimum absolute atomic E-state index is 0.0407. The van der Waals surface area contributed by atoms with Crippen LogP contribution in [-0.2, 0) is 22.6 Å². The molecule has 2 amide bonds. The molecule has 0 bridgehead atoms. The van der Waals surface area contributed by atoms with Crippen molar-refractivity contribution >= 4 is 11.8 Å². The number of aryl methyl sites for hydroxylation is 2. The molecule has 0 saturated heterocycles. The van der Waals surface area contributed by atoms with Crippen LogP contribution in [0.1, 0.15) is 43.0 Å². The summed E-state index contributed by atoms with van der Waals surface area (Å²) in [5.74, 6) is 0.212. The van der Waals surface area contributed by atoms with E-state index in [0.717, 1.165) is 22.3 Å². The van der Waals surface area contributed by atoms with Gasteiger partial charge in [-0.05, 0) is 37.8 Å². The van der Waals surface area contributed by atoms with Gasteiger partial charge in [0.25, 0.3) is 0 Å². The summed E-state index contributed by atoms with van der Waals surface area (Å²) in [4.78, 5) is 27.5. The van der Waals surface area contributed by atoms with E-state index in [2.05, 4.69) is 25.2 Å². The number of carbonyl (C=O) groups is 2. The number of nitrogens with zero attached hydrogens (tertiary/aromatic N) is 1. The van der Waals surface area contributed by atoms with Crippen molar-refractivity contribution in [3.8, 4) is 0 Å². The summed E-state index contributed by atoms with van der Waals surface area (Å²) in [5, 5.41) is 2.95. The highest BCUT2D eigenvalue weighted by atomic mass is 16.2. The third-order valence-corrected chi connectivity index (χ3v) is 4.68. The summed E-state index contributed by atoms with van der Waals surface area (Å²) in [6.07, 6.45) is 0.289. The molecule has 4 nitrogen and oxygen atoms in total. The summed E-state index contributed by atoms with van der Waals surface area (Å²) in [6, 6.07) is 15.5. The fourth-order valence-corrected chi connectivity index (χ4v) is 3.26. The molecule has 0 aromatic heterocycles. The van der Waals surface area contributed by atoms with Gasteiger partial charge in [0.05, 0.1) is 6.42 Å². The average molecular weight is 381 g/mol. The monoisotopic (exact) mass is 380 g/mol. The van der Waals surface area contributed by atoms with Gasteiger partial charge >= 0.3 is 0 Å². The van der Waals surface area contributed by atoms with E-state index in [1.165, 1.54) is 0 Å². The molecular weight excluding hydrogens is 348 g/mol. The number of carbonyl (C=O) groups excluding carboxylic acids is 2. The molecule has 1 atom stereocenters. The predicted octanol–water partition coefficient (Wildman–Crippen LogP) is 4.04. The molecule has 4 heteroatoms. The van der Waals surface area contributed by atoms with Crippen LogP contribution in [0.4, 0.5) is 0 Å². The normalized spacial score (nSPS) is 11.9. The van der Waals surface area contributed by atoms with Crippen molar-refractivity contribution in [2.45, 2.75) is 53.6 Å². The third-order valence-electron chi connectivity index (χ3n) is 4.68. The van der Waals surface area contributed by atoms with Crippen LogP contribution in [0.2, 0.25) is 0 Å². The van der Waals surface area contributed by atoms with Crippen LogP contribution in [0.5, 0.6) is 0 Å². The molecule has 0 heterocycles. The Kier molecular flexibility index (Phi) is 7.80. The maximum absolute atomic E-state index is 13.2. The van der Waals surface area contributed by atoms with Crippen molar-refractivity contribution in [2.24, 2.45) is 5.92 Å². The molecule has 0 saturated carbocycles. The maximum atomic E-state index is 13.2. The Labute approximate surface area is 169 Å². The van der Waals surface area contributed by atoms with Gasteiger partial charge in [0.2, 0.25) is 11.8 Å². The van der Waals surface area contributed by atoms with E-state index >= 15 is 0 Å². The first-order chi connectivity index (χ1) is 13.3. The molecule has 0 aliphatic heterocycles. The molecular formula is C24H32N2O2. The van der Waals surface area contributed by atoms with Crippen LogP contribution in [0.25, 0.3) is 0 Å². The van der Waals surface area contributed by atoms with E-state index in [1.54, 1.807) is 11.8 Å². The lowest BCUT2D eigenvalue weighted by atomic mass is 10.0. The average Bonchev–Trinajstić information content (AvgIpc) is 2.63. The standard InChI is InChI=1S/C24H32N2O2/c1-17(2)15-25-24(28)20(5)26(16-21-9-7-6-8-10-21)23(27)14-22-12-18(3)11-19(4)13-22/h6-13,17,20H,14-16H2,1-5H3,(H,25,28). The van der Waals surface area contributed by atoms with Gasteiger partial charge in [0.15, 0.2) is 0 Å². The smallest absolute Gasteiger partial charge is 0.242 e. The quantitative estimate of drug-likeness (QED) is 0.751. The number of hydrogen-bond donors (Lipinski definition) is 1. The van der Waals surface area contributed by atoms with E-state index in [0.29, 0.717) is 19.0 Å². The minimum Gasteiger partial charge on any atom is -0.354 e. The zero-order valence-corrected chi connectivity index (χ0v) is 17.7. The van der Waals surface area contributed by atoms with Crippen LogP contribution in [-0.4, -0.2) is 29.3 Å². The zero-order valence-electron chi connectivity index (χ0n) is 17.7. The fourth-order valence-electron chi connectivity index (χ4n) is 3.26. The summed E-state index contributed by atoms with van der Waals surface area (Å²) in [7, 11) is 0. The molecule has 1 N–H and O–H groups in total. The van der Waals surface area contributed by atoms with Crippen LogP contribution < -0.4 is 5.32 Å². The van der Waals surface area contributed by atoms with Gasteiger partial charge in [-0.25, -0.2) is 0 Å². The molecule has 28 heavy (non-hydrogen) atoms. The second-order valence-corrected chi connectivity index (χ2v) is 7.99. The lowest BCUT2D eigenvalue weighted by molar-refractivity contribution is -0.140. The van der Waals surface area contributed by atoms with E-state index < -0.39 is 6.04 Å². The molecule has 150 valence electrons. The SMILES string of the molecule is Cc1cc(C)cc(CC(=O)N(Cc2ccccc2)C(C)C(=O)NCC(C)C)c1. The topological polar surface area (TPSA) is 49.4 Å². The Hall–Kier alpha value is -2.62. The fraction of sp³-hybridized carbons (Fsp3) is 0.417.